The number of benzene rings is 1. The lowest BCUT2D eigenvalue weighted by Gasteiger charge is -2.34. The van der Waals surface area contributed by atoms with Crippen LogP contribution < -0.4 is 0 Å². The van der Waals surface area contributed by atoms with Crippen molar-refractivity contribution >= 4 is 23.4 Å². The summed E-state index contributed by atoms with van der Waals surface area (Å²) >= 11 is 5.98. The van der Waals surface area contributed by atoms with Gasteiger partial charge in [-0.15, -0.1) is 0 Å². The number of aromatic amines is 1. The van der Waals surface area contributed by atoms with Gasteiger partial charge < -0.3 is 9.80 Å². The van der Waals surface area contributed by atoms with E-state index in [1.165, 1.54) is 12.1 Å². The first-order chi connectivity index (χ1) is 12.5. The van der Waals surface area contributed by atoms with Crippen molar-refractivity contribution in [2.75, 3.05) is 26.2 Å². The van der Waals surface area contributed by atoms with Crippen molar-refractivity contribution in [2.45, 2.75) is 19.3 Å². The normalized spacial score (nSPS) is 16.7. The van der Waals surface area contributed by atoms with Crippen molar-refractivity contribution in [3.05, 3.63) is 51.6 Å². The van der Waals surface area contributed by atoms with E-state index in [0.29, 0.717) is 31.9 Å². The molecule has 1 aliphatic carbocycles. The smallest absolute Gasteiger partial charge is 0.274 e. The maximum absolute atomic E-state index is 13.2. The Balaban J connectivity index is 1.42. The van der Waals surface area contributed by atoms with Gasteiger partial charge in [-0.1, -0.05) is 11.6 Å². The number of nitrogens with one attached hydrogen (secondary N) is 1. The molecule has 2 aromatic rings. The van der Waals surface area contributed by atoms with Crippen LogP contribution in [0.25, 0.3) is 0 Å². The van der Waals surface area contributed by atoms with Gasteiger partial charge in [-0.25, -0.2) is 4.39 Å². The standard InChI is InChI=1S/C18H18ClFN4O2/c19-14-10-11(20)4-5-12(14)17(25)23-6-8-24(9-7-23)18(26)16-13-2-1-3-15(13)21-22-16/h4-5,10H,1-3,6-9H2,(H,21,22). The average Bonchev–Trinajstić information content (AvgIpc) is 3.24. The van der Waals surface area contributed by atoms with Crippen molar-refractivity contribution in [3.8, 4) is 0 Å². The summed E-state index contributed by atoms with van der Waals surface area (Å²) in [6, 6.07) is 3.74. The van der Waals surface area contributed by atoms with Gasteiger partial charge in [0.1, 0.15) is 5.82 Å². The van der Waals surface area contributed by atoms with Gasteiger partial charge in [0.15, 0.2) is 5.69 Å². The molecule has 0 radical (unpaired) electrons. The Kier molecular flexibility index (Phi) is 4.40. The van der Waals surface area contributed by atoms with E-state index < -0.39 is 5.82 Å². The van der Waals surface area contributed by atoms with Gasteiger partial charge in [0.05, 0.1) is 10.6 Å². The molecule has 26 heavy (non-hydrogen) atoms. The van der Waals surface area contributed by atoms with Crippen molar-refractivity contribution in [1.29, 1.82) is 0 Å². The fourth-order valence-corrected chi connectivity index (χ4v) is 3.84. The molecule has 4 rings (SSSR count). The maximum atomic E-state index is 13.2. The molecule has 2 aliphatic rings. The molecule has 0 atom stereocenters. The third kappa shape index (κ3) is 2.96. The van der Waals surface area contributed by atoms with E-state index in [1.807, 2.05) is 0 Å². The molecule has 1 fully saturated rings. The molecule has 1 aromatic heterocycles. The lowest BCUT2D eigenvalue weighted by molar-refractivity contribution is 0.0531. The van der Waals surface area contributed by atoms with Gasteiger partial charge in [-0.05, 0) is 37.5 Å². The number of piperazine rings is 1. The number of carbonyl (C=O) groups is 2. The van der Waals surface area contributed by atoms with Gasteiger partial charge >= 0.3 is 0 Å². The Morgan fingerprint density at radius 1 is 1.08 bits per heavy atom. The Morgan fingerprint density at radius 3 is 2.46 bits per heavy atom. The minimum Gasteiger partial charge on any atom is -0.335 e. The van der Waals surface area contributed by atoms with Gasteiger partial charge in [-0.3, -0.25) is 14.7 Å². The monoisotopic (exact) mass is 376 g/mol. The lowest BCUT2D eigenvalue weighted by Crippen LogP contribution is -2.50. The van der Waals surface area contributed by atoms with Crippen LogP contribution in [-0.2, 0) is 12.8 Å². The molecule has 2 heterocycles. The van der Waals surface area contributed by atoms with Crippen LogP contribution in [0.4, 0.5) is 4.39 Å². The third-order valence-electron chi connectivity index (χ3n) is 5.02. The van der Waals surface area contributed by atoms with E-state index in [4.69, 9.17) is 11.6 Å². The van der Waals surface area contributed by atoms with E-state index in [1.54, 1.807) is 9.80 Å². The lowest BCUT2D eigenvalue weighted by atomic mass is 10.1. The van der Waals surface area contributed by atoms with E-state index in [2.05, 4.69) is 10.2 Å². The number of amides is 2. The molecule has 136 valence electrons. The van der Waals surface area contributed by atoms with Gasteiger partial charge in [-0.2, -0.15) is 5.10 Å². The molecule has 2 amide bonds. The quantitative estimate of drug-likeness (QED) is 0.874. The second-order valence-corrected chi connectivity index (χ2v) is 7.00. The van der Waals surface area contributed by atoms with E-state index in [0.717, 1.165) is 36.6 Å². The summed E-state index contributed by atoms with van der Waals surface area (Å²) in [7, 11) is 0. The predicted molar refractivity (Wildman–Crippen MR) is 93.8 cm³/mol. The largest absolute Gasteiger partial charge is 0.335 e. The highest BCUT2D eigenvalue weighted by molar-refractivity contribution is 6.33. The summed E-state index contributed by atoms with van der Waals surface area (Å²) in [6.07, 6.45) is 2.87. The summed E-state index contributed by atoms with van der Waals surface area (Å²) in [5.74, 6) is -0.812. The molecule has 1 N–H and O–H groups in total. The van der Waals surface area contributed by atoms with Crippen LogP contribution in [-0.4, -0.2) is 58.0 Å². The summed E-state index contributed by atoms with van der Waals surface area (Å²) in [5.41, 5.74) is 2.89. The minimum atomic E-state index is -0.478. The zero-order chi connectivity index (χ0) is 18.3. The van der Waals surface area contributed by atoms with Gasteiger partial charge in [0, 0.05) is 37.4 Å². The van der Waals surface area contributed by atoms with E-state index >= 15 is 0 Å². The average molecular weight is 377 g/mol. The fourth-order valence-electron chi connectivity index (χ4n) is 3.59. The number of carbonyl (C=O) groups excluding carboxylic acids is 2. The molecule has 0 spiro atoms. The molecule has 0 bridgehead atoms. The van der Waals surface area contributed by atoms with Crippen LogP contribution in [0.5, 0.6) is 0 Å². The number of aromatic nitrogens is 2. The van der Waals surface area contributed by atoms with Crippen LogP contribution in [0.1, 0.15) is 38.5 Å². The summed E-state index contributed by atoms with van der Waals surface area (Å²) in [5, 5.41) is 7.24. The highest BCUT2D eigenvalue weighted by Gasteiger charge is 2.30. The molecule has 1 saturated heterocycles. The van der Waals surface area contributed by atoms with Gasteiger partial charge in [0.25, 0.3) is 11.8 Å². The SMILES string of the molecule is O=C(c1ccc(F)cc1Cl)N1CCN(C(=O)c2n[nH]c3c2CCC3)CC1. The number of fused-ring (bicyclic) bond motifs is 1. The number of rotatable bonds is 2. The molecular formula is C18H18ClFN4O2. The highest BCUT2D eigenvalue weighted by atomic mass is 35.5. The van der Waals surface area contributed by atoms with Crippen molar-refractivity contribution in [1.82, 2.24) is 20.0 Å². The maximum Gasteiger partial charge on any atom is 0.274 e. The second kappa shape index (κ2) is 6.72. The Morgan fingerprint density at radius 2 is 1.77 bits per heavy atom. The van der Waals surface area contributed by atoms with E-state index in [-0.39, 0.29) is 22.4 Å². The first-order valence-corrected chi connectivity index (χ1v) is 9.02. The van der Waals surface area contributed by atoms with Crippen molar-refractivity contribution < 1.29 is 14.0 Å². The topological polar surface area (TPSA) is 69.3 Å². The van der Waals surface area contributed by atoms with Crippen LogP contribution in [0.15, 0.2) is 18.2 Å². The summed E-state index contributed by atoms with van der Waals surface area (Å²) < 4.78 is 13.2. The summed E-state index contributed by atoms with van der Waals surface area (Å²) in [4.78, 5) is 28.7. The zero-order valence-corrected chi connectivity index (χ0v) is 14.9. The number of hydrogen-bond donors (Lipinski definition) is 1. The number of aryl methyl sites for hydroxylation is 1. The van der Waals surface area contributed by atoms with Crippen LogP contribution in [0.2, 0.25) is 5.02 Å². The molecular weight excluding hydrogens is 359 g/mol. The van der Waals surface area contributed by atoms with Crippen LogP contribution in [0, 0.1) is 5.82 Å². The molecule has 8 heteroatoms. The van der Waals surface area contributed by atoms with Crippen LogP contribution in [0.3, 0.4) is 0 Å². The first-order valence-electron chi connectivity index (χ1n) is 8.64. The zero-order valence-electron chi connectivity index (χ0n) is 14.1. The van der Waals surface area contributed by atoms with Crippen molar-refractivity contribution in [2.24, 2.45) is 0 Å². The minimum absolute atomic E-state index is 0.0867. The molecule has 1 aromatic carbocycles. The third-order valence-corrected chi connectivity index (χ3v) is 5.34. The van der Waals surface area contributed by atoms with Gasteiger partial charge in [0.2, 0.25) is 0 Å². The fraction of sp³-hybridized carbons (Fsp3) is 0.389. The Hall–Kier alpha value is -2.41. The molecule has 6 nitrogen and oxygen atoms in total. The van der Waals surface area contributed by atoms with E-state index in [9.17, 15) is 14.0 Å². The Labute approximate surface area is 154 Å². The second-order valence-electron chi connectivity index (χ2n) is 6.59. The number of H-pyrrole nitrogens is 1. The molecule has 1 aliphatic heterocycles. The van der Waals surface area contributed by atoms with Crippen LogP contribution >= 0.6 is 11.6 Å². The number of hydrogen-bond acceptors (Lipinski definition) is 3. The molecule has 0 saturated carbocycles. The summed E-state index contributed by atoms with van der Waals surface area (Å²) in [6.45, 7) is 1.69. The van der Waals surface area contributed by atoms with Crippen molar-refractivity contribution in [3.63, 3.8) is 0 Å². The predicted octanol–water partition coefficient (Wildman–Crippen LogP) is 2.29. The molecule has 0 unspecified atom stereocenters. The first kappa shape index (κ1) is 17.0. The number of nitrogens with zero attached hydrogens (tertiary/aromatic N) is 3. The highest BCUT2D eigenvalue weighted by Crippen LogP contribution is 2.24. The number of halogens is 2. The Bertz CT molecular complexity index is 874.